The van der Waals surface area contributed by atoms with Gasteiger partial charge in [0.2, 0.25) is 0 Å². The smallest absolute Gasteiger partial charge is 0.258 e. The fourth-order valence-electron chi connectivity index (χ4n) is 4.31. The number of ether oxygens (including phenoxy) is 1. The molecular formula is C29H26N2O2. The maximum absolute atomic E-state index is 13.7. The Balaban J connectivity index is 1.50. The first-order chi connectivity index (χ1) is 16.1. The van der Waals surface area contributed by atoms with Crippen molar-refractivity contribution in [3.63, 3.8) is 0 Å². The Morgan fingerprint density at radius 3 is 2.21 bits per heavy atom. The molecule has 1 heterocycles. The maximum Gasteiger partial charge on any atom is 0.258 e. The SMILES string of the molecule is CC1(c2cccc(OCc3ccccc3)c2)Nc2ccccc2C(=O)N1Cc1ccccc1. The molecule has 0 radical (unpaired) electrons. The Labute approximate surface area is 194 Å². The van der Waals surface area contributed by atoms with Gasteiger partial charge >= 0.3 is 0 Å². The summed E-state index contributed by atoms with van der Waals surface area (Å²) in [6, 6.07) is 35.9. The second-order valence-corrected chi connectivity index (χ2v) is 8.42. The number of para-hydroxylation sites is 1. The number of anilines is 1. The van der Waals surface area contributed by atoms with E-state index in [4.69, 9.17) is 4.74 Å². The average molecular weight is 435 g/mol. The molecule has 1 atom stereocenters. The van der Waals surface area contributed by atoms with E-state index in [-0.39, 0.29) is 5.91 Å². The number of benzene rings is 4. The van der Waals surface area contributed by atoms with Gasteiger partial charge in [0.15, 0.2) is 0 Å². The van der Waals surface area contributed by atoms with E-state index >= 15 is 0 Å². The summed E-state index contributed by atoms with van der Waals surface area (Å²) in [5.74, 6) is 0.775. The van der Waals surface area contributed by atoms with Crippen molar-refractivity contribution in [1.82, 2.24) is 4.90 Å². The van der Waals surface area contributed by atoms with Crippen molar-refractivity contribution in [2.75, 3.05) is 5.32 Å². The van der Waals surface area contributed by atoms with Crippen molar-refractivity contribution in [2.24, 2.45) is 0 Å². The van der Waals surface area contributed by atoms with Gasteiger partial charge in [0.05, 0.1) is 5.56 Å². The number of amides is 1. The maximum atomic E-state index is 13.7. The van der Waals surface area contributed by atoms with E-state index in [1.165, 1.54) is 0 Å². The van der Waals surface area contributed by atoms with Gasteiger partial charge in [-0.05, 0) is 42.3 Å². The zero-order valence-corrected chi connectivity index (χ0v) is 18.6. The number of fused-ring (bicyclic) bond motifs is 1. The van der Waals surface area contributed by atoms with E-state index in [0.29, 0.717) is 18.7 Å². The molecule has 0 aliphatic carbocycles. The van der Waals surface area contributed by atoms with Crippen LogP contribution in [0.25, 0.3) is 0 Å². The minimum Gasteiger partial charge on any atom is -0.489 e. The molecule has 4 aromatic rings. The van der Waals surface area contributed by atoms with Crippen molar-refractivity contribution in [2.45, 2.75) is 25.7 Å². The van der Waals surface area contributed by atoms with Crippen molar-refractivity contribution in [3.05, 3.63) is 131 Å². The molecule has 0 aromatic heterocycles. The molecule has 1 unspecified atom stereocenters. The first-order valence-electron chi connectivity index (χ1n) is 11.1. The van der Waals surface area contributed by atoms with Gasteiger partial charge in [-0.2, -0.15) is 0 Å². The summed E-state index contributed by atoms with van der Waals surface area (Å²) in [5.41, 5.74) is 3.93. The number of rotatable bonds is 6. The Bertz CT molecular complexity index is 1260. The van der Waals surface area contributed by atoms with Crippen LogP contribution in [0.2, 0.25) is 0 Å². The molecule has 1 aliphatic rings. The van der Waals surface area contributed by atoms with Crippen molar-refractivity contribution in [1.29, 1.82) is 0 Å². The van der Waals surface area contributed by atoms with Gasteiger partial charge in [-0.15, -0.1) is 0 Å². The minimum absolute atomic E-state index is 0.00584. The predicted molar refractivity (Wildman–Crippen MR) is 131 cm³/mol. The van der Waals surface area contributed by atoms with Crippen LogP contribution >= 0.6 is 0 Å². The topological polar surface area (TPSA) is 41.6 Å². The molecule has 0 fully saturated rings. The summed E-state index contributed by atoms with van der Waals surface area (Å²) in [6.07, 6.45) is 0. The van der Waals surface area contributed by atoms with Crippen molar-refractivity contribution >= 4 is 11.6 Å². The van der Waals surface area contributed by atoms with E-state index in [1.54, 1.807) is 0 Å². The lowest BCUT2D eigenvalue weighted by molar-refractivity contribution is 0.0508. The first kappa shape index (κ1) is 20.8. The van der Waals surface area contributed by atoms with Crippen molar-refractivity contribution < 1.29 is 9.53 Å². The molecule has 5 rings (SSSR count). The first-order valence-corrected chi connectivity index (χ1v) is 11.1. The van der Waals surface area contributed by atoms with Crippen LogP contribution < -0.4 is 10.1 Å². The Morgan fingerprint density at radius 2 is 1.45 bits per heavy atom. The quantitative estimate of drug-likeness (QED) is 0.392. The lowest BCUT2D eigenvalue weighted by Gasteiger charge is -2.47. The predicted octanol–water partition coefficient (Wildman–Crippen LogP) is 6.21. The summed E-state index contributed by atoms with van der Waals surface area (Å²) >= 11 is 0. The summed E-state index contributed by atoms with van der Waals surface area (Å²) in [4.78, 5) is 15.6. The Morgan fingerprint density at radius 1 is 0.788 bits per heavy atom. The second-order valence-electron chi connectivity index (χ2n) is 8.42. The summed E-state index contributed by atoms with van der Waals surface area (Å²) in [6.45, 7) is 3.04. The molecule has 4 nitrogen and oxygen atoms in total. The number of nitrogens with one attached hydrogen (secondary N) is 1. The van der Waals surface area contributed by atoms with E-state index in [0.717, 1.165) is 28.1 Å². The summed E-state index contributed by atoms with van der Waals surface area (Å²) in [5, 5.41) is 3.64. The Kier molecular flexibility index (Phi) is 5.57. The molecule has 1 N–H and O–H groups in total. The van der Waals surface area contributed by atoms with E-state index < -0.39 is 5.66 Å². The lowest BCUT2D eigenvalue weighted by atomic mass is 9.92. The van der Waals surface area contributed by atoms with Crippen LogP contribution in [0.1, 0.15) is 34.0 Å². The van der Waals surface area contributed by atoms with Crippen LogP contribution in [0.4, 0.5) is 5.69 Å². The standard InChI is InChI=1S/C29H26N2O2/c1-29(24-15-10-16-25(19-24)33-21-23-13-6-3-7-14-23)30-27-18-9-8-17-26(27)28(32)31(29)20-22-11-4-2-5-12-22/h2-19,30H,20-21H2,1H3. The van der Waals surface area contributed by atoms with Gasteiger partial charge < -0.3 is 15.0 Å². The Hall–Kier alpha value is -4.05. The number of carbonyl (C=O) groups is 1. The molecule has 4 aromatic carbocycles. The molecule has 0 bridgehead atoms. The third kappa shape index (κ3) is 4.20. The minimum atomic E-state index is -0.743. The normalized spacial score (nSPS) is 17.2. The second kappa shape index (κ2) is 8.83. The summed E-state index contributed by atoms with van der Waals surface area (Å²) in [7, 11) is 0. The zero-order valence-electron chi connectivity index (χ0n) is 18.6. The molecule has 33 heavy (non-hydrogen) atoms. The molecule has 0 spiro atoms. The number of nitrogens with zero attached hydrogens (tertiary/aromatic N) is 1. The van der Waals surface area contributed by atoms with Crippen LogP contribution in [-0.2, 0) is 18.8 Å². The molecule has 4 heteroatoms. The largest absolute Gasteiger partial charge is 0.489 e. The highest BCUT2D eigenvalue weighted by molar-refractivity contribution is 6.02. The monoisotopic (exact) mass is 434 g/mol. The van der Waals surface area contributed by atoms with Crippen LogP contribution in [0.5, 0.6) is 5.75 Å². The van der Waals surface area contributed by atoms with Gasteiger partial charge in [-0.25, -0.2) is 0 Å². The molecule has 0 saturated carbocycles. The van der Waals surface area contributed by atoms with Gasteiger partial charge in [0.1, 0.15) is 18.0 Å². The summed E-state index contributed by atoms with van der Waals surface area (Å²) < 4.78 is 6.09. The average Bonchev–Trinajstić information content (AvgIpc) is 2.87. The van der Waals surface area contributed by atoms with Crippen molar-refractivity contribution in [3.8, 4) is 5.75 Å². The van der Waals surface area contributed by atoms with E-state index in [1.807, 2.05) is 114 Å². The van der Waals surface area contributed by atoms with E-state index in [9.17, 15) is 4.79 Å². The number of hydrogen-bond donors (Lipinski definition) is 1. The van der Waals surface area contributed by atoms with Crippen LogP contribution in [0.15, 0.2) is 109 Å². The number of hydrogen-bond acceptors (Lipinski definition) is 3. The fourth-order valence-corrected chi connectivity index (χ4v) is 4.31. The highest BCUT2D eigenvalue weighted by Crippen LogP contribution is 2.39. The van der Waals surface area contributed by atoms with Crippen LogP contribution in [0.3, 0.4) is 0 Å². The highest BCUT2D eigenvalue weighted by Gasteiger charge is 2.42. The van der Waals surface area contributed by atoms with Gasteiger partial charge in [-0.1, -0.05) is 84.9 Å². The van der Waals surface area contributed by atoms with Crippen LogP contribution in [0, 0.1) is 0 Å². The third-order valence-electron chi connectivity index (χ3n) is 6.15. The molecule has 0 saturated heterocycles. The van der Waals surface area contributed by atoms with Gasteiger partial charge in [0.25, 0.3) is 5.91 Å². The number of carbonyl (C=O) groups excluding carboxylic acids is 1. The van der Waals surface area contributed by atoms with Gasteiger partial charge in [0, 0.05) is 17.8 Å². The molecule has 164 valence electrons. The lowest BCUT2D eigenvalue weighted by Crippen LogP contribution is -2.55. The molecular weight excluding hydrogens is 408 g/mol. The fraction of sp³-hybridized carbons (Fsp3) is 0.138. The molecule has 1 aliphatic heterocycles. The molecule has 1 amide bonds. The van der Waals surface area contributed by atoms with Gasteiger partial charge in [-0.3, -0.25) is 4.79 Å². The zero-order chi connectivity index (χ0) is 22.7. The van der Waals surface area contributed by atoms with E-state index in [2.05, 4.69) is 12.2 Å². The van der Waals surface area contributed by atoms with Crippen LogP contribution in [-0.4, -0.2) is 10.8 Å². The third-order valence-corrected chi connectivity index (χ3v) is 6.15. The highest BCUT2D eigenvalue weighted by atomic mass is 16.5.